The van der Waals surface area contributed by atoms with Gasteiger partial charge >= 0.3 is 0 Å². The summed E-state index contributed by atoms with van der Waals surface area (Å²) in [6, 6.07) is 3.81. The molecule has 3 rings (SSSR count). The Morgan fingerprint density at radius 3 is 2.35 bits per heavy atom. The Kier molecular flexibility index (Phi) is 4.76. The van der Waals surface area contributed by atoms with Gasteiger partial charge in [0, 0.05) is 24.4 Å². The monoisotopic (exact) mass is 329 g/mol. The SMILES string of the molecule is N#Cc1nc(Cl)c(C2=C(N3CCOCC3)CCCC2)nc1C#N. The molecule has 0 N–H and O–H groups in total. The van der Waals surface area contributed by atoms with Gasteiger partial charge in [-0.25, -0.2) is 9.97 Å². The predicted molar refractivity (Wildman–Crippen MR) is 84.3 cm³/mol. The third-order valence-electron chi connectivity index (χ3n) is 4.18. The van der Waals surface area contributed by atoms with E-state index in [1.807, 2.05) is 12.1 Å². The standard InChI is InChI=1S/C16H16ClN5O/c17-16-15(20-12(9-18)13(10-19)21-16)11-3-1-2-4-14(11)22-5-7-23-8-6-22/h1-8H2. The summed E-state index contributed by atoms with van der Waals surface area (Å²) in [7, 11) is 0. The second-order valence-corrected chi connectivity index (χ2v) is 5.87. The summed E-state index contributed by atoms with van der Waals surface area (Å²) in [4.78, 5) is 10.7. The van der Waals surface area contributed by atoms with E-state index < -0.39 is 0 Å². The van der Waals surface area contributed by atoms with Crippen molar-refractivity contribution >= 4 is 17.2 Å². The summed E-state index contributed by atoms with van der Waals surface area (Å²) in [5.41, 5.74) is 2.83. The fraction of sp³-hybridized carbons (Fsp3) is 0.500. The van der Waals surface area contributed by atoms with Gasteiger partial charge in [0.25, 0.3) is 0 Å². The number of nitriles is 2. The van der Waals surface area contributed by atoms with E-state index in [9.17, 15) is 5.26 Å². The van der Waals surface area contributed by atoms with E-state index in [-0.39, 0.29) is 16.5 Å². The van der Waals surface area contributed by atoms with Crippen molar-refractivity contribution in [2.45, 2.75) is 25.7 Å². The van der Waals surface area contributed by atoms with Gasteiger partial charge in [0.05, 0.1) is 13.2 Å². The zero-order chi connectivity index (χ0) is 16.2. The van der Waals surface area contributed by atoms with Gasteiger partial charge in [0.1, 0.15) is 17.8 Å². The van der Waals surface area contributed by atoms with Crippen LogP contribution in [0.2, 0.25) is 5.15 Å². The van der Waals surface area contributed by atoms with Crippen LogP contribution >= 0.6 is 11.6 Å². The van der Waals surface area contributed by atoms with Crippen molar-refractivity contribution in [1.82, 2.24) is 14.9 Å². The number of halogens is 1. The highest BCUT2D eigenvalue weighted by molar-refractivity contribution is 6.31. The first kappa shape index (κ1) is 15.7. The number of allylic oxidation sites excluding steroid dienone is 2. The minimum atomic E-state index is -0.0226. The quantitative estimate of drug-likeness (QED) is 0.828. The van der Waals surface area contributed by atoms with Crippen LogP contribution in [0.3, 0.4) is 0 Å². The van der Waals surface area contributed by atoms with Crippen molar-refractivity contribution in [3.63, 3.8) is 0 Å². The molecule has 2 aliphatic rings. The molecular weight excluding hydrogens is 314 g/mol. The van der Waals surface area contributed by atoms with Gasteiger partial charge in [0.15, 0.2) is 16.5 Å². The van der Waals surface area contributed by atoms with Gasteiger partial charge in [-0.15, -0.1) is 0 Å². The molecular formula is C16H16ClN5O. The van der Waals surface area contributed by atoms with Gasteiger partial charge in [-0.2, -0.15) is 10.5 Å². The van der Waals surface area contributed by atoms with Crippen molar-refractivity contribution in [3.8, 4) is 12.1 Å². The molecule has 6 nitrogen and oxygen atoms in total. The largest absolute Gasteiger partial charge is 0.378 e. The molecule has 23 heavy (non-hydrogen) atoms. The predicted octanol–water partition coefficient (Wildman–Crippen LogP) is 2.49. The van der Waals surface area contributed by atoms with Gasteiger partial charge in [0.2, 0.25) is 0 Å². The Balaban J connectivity index is 2.08. The molecule has 7 heteroatoms. The number of ether oxygens (including phenoxy) is 1. The fourth-order valence-corrected chi connectivity index (χ4v) is 3.33. The van der Waals surface area contributed by atoms with Gasteiger partial charge in [-0.3, -0.25) is 0 Å². The Morgan fingerprint density at radius 1 is 1.00 bits per heavy atom. The van der Waals surface area contributed by atoms with Crippen LogP contribution in [0.15, 0.2) is 5.70 Å². The topological polar surface area (TPSA) is 85.8 Å². The molecule has 0 amide bonds. The first-order valence-electron chi connectivity index (χ1n) is 7.67. The van der Waals surface area contributed by atoms with E-state index in [0.717, 1.165) is 44.3 Å². The Labute approximate surface area is 140 Å². The molecule has 1 saturated heterocycles. The van der Waals surface area contributed by atoms with E-state index in [1.165, 1.54) is 5.70 Å². The highest BCUT2D eigenvalue weighted by atomic mass is 35.5. The van der Waals surface area contributed by atoms with Gasteiger partial charge in [-0.05, 0) is 25.7 Å². The highest BCUT2D eigenvalue weighted by Crippen LogP contribution is 2.36. The lowest BCUT2D eigenvalue weighted by atomic mass is 9.93. The molecule has 118 valence electrons. The molecule has 0 unspecified atom stereocenters. The number of aromatic nitrogens is 2. The Hall–Kier alpha value is -2.15. The summed E-state index contributed by atoms with van der Waals surface area (Å²) in [6.45, 7) is 3.14. The Morgan fingerprint density at radius 2 is 1.65 bits per heavy atom. The summed E-state index contributed by atoms with van der Waals surface area (Å²) in [5, 5.41) is 18.4. The van der Waals surface area contributed by atoms with Crippen molar-refractivity contribution in [1.29, 1.82) is 10.5 Å². The molecule has 0 saturated carbocycles. The lowest BCUT2D eigenvalue weighted by Crippen LogP contribution is -2.36. The zero-order valence-corrected chi connectivity index (χ0v) is 13.4. The number of morpholine rings is 1. The molecule has 0 radical (unpaired) electrons. The molecule has 1 aliphatic heterocycles. The van der Waals surface area contributed by atoms with E-state index in [2.05, 4.69) is 14.9 Å². The van der Waals surface area contributed by atoms with Crippen molar-refractivity contribution in [2.75, 3.05) is 26.3 Å². The van der Waals surface area contributed by atoms with Crippen LogP contribution in [0.5, 0.6) is 0 Å². The third-order valence-corrected chi connectivity index (χ3v) is 4.45. The average molecular weight is 330 g/mol. The summed E-state index contributed by atoms with van der Waals surface area (Å²) < 4.78 is 5.42. The van der Waals surface area contributed by atoms with Gasteiger partial charge in [-0.1, -0.05) is 11.6 Å². The van der Waals surface area contributed by atoms with E-state index in [0.29, 0.717) is 18.9 Å². The summed E-state index contributed by atoms with van der Waals surface area (Å²) in [6.07, 6.45) is 4.01. The summed E-state index contributed by atoms with van der Waals surface area (Å²) in [5.74, 6) is 0. The maximum atomic E-state index is 9.19. The molecule has 0 spiro atoms. The van der Waals surface area contributed by atoms with E-state index >= 15 is 0 Å². The highest BCUT2D eigenvalue weighted by Gasteiger charge is 2.25. The van der Waals surface area contributed by atoms with Crippen LogP contribution in [0.25, 0.3) is 5.57 Å². The Bertz CT molecular complexity index is 725. The number of nitrogens with zero attached hydrogens (tertiary/aromatic N) is 5. The second-order valence-electron chi connectivity index (χ2n) is 5.52. The molecule has 1 aromatic heterocycles. The van der Waals surface area contributed by atoms with E-state index in [4.69, 9.17) is 21.6 Å². The summed E-state index contributed by atoms with van der Waals surface area (Å²) >= 11 is 6.26. The molecule has 0 atom stereocenters. The molecule has 1 fully saturated rings. The lowest BCUT2D eigenvalue weighted by Gasteiger charge is -2.35. The molecule has 0 bridgehead atoms. The van der Waals surface area contributed by atoms with Crippen LogP contribution in [0, 0.1) is 22.7 Å². The molecule has 1 aromatic rings. The van der Waals surface area contributed by atoms with Crippen LogP contribution < -0.4 is 0 Å². The maximum Gasteiger partial charge on any atom is 0.178 e. The van der Waals surface area contributed by atoms with Crippen LogP contribution in [-0.2, 0) is 4.74 Å². The zero-order valence-electron chi connectivity index (χ0n) is 12.7. The van der Waals surface area contributed by atoms with Crippen LogP contribution in [-0.4, -0.2) is 41.2 Å². The minimum Gasteiger partial charge on any atom is -0.378 e. The van der Waals surface area contributed by atoms with Crippen LogP contribution in [0.1, 0.15) is 42.8 Å². The lowest BCUT2D eigenvalue weighted by molar-refractivity contribution is 0.0517. The smallest absolute Gasteiger partial charge is 0.178 e. The first-order valence-corrected chi connectivity index (χ1v) is 8.05. The van der Waals surface area contributed by atoms with Gasteiger partial charge < -0.3 is 9.64 Å². The van der Waals surface area contributed by atoms with Crippen molar-refractivity contribution in [3.05, 3.63) is 27.9 Å². The molecule has 1 aliphatic carbocycles. The minimum absolute atomic E-state index is 0.0226. The average Bonchev–Trinajstić information content (AvgIpc) is 2.62. The molecule has 2 heterocycles. The van der Waals surface area contributed by atoms with Crippen molar-refractivity contribution < 1.29 is 4.74 Å². The maximum absolute atomic E-state index is 9.19. The third kappa shape index (κ3) is 3.14. The number of hydrogen-bond acceptors (Lipinski definition) is 6. The normalized spacial score (nSPS) is 18.5. The number of hydrogen-bond donors (Lipinski definition) is 0. The van der Waals surface area contributed by atoms with Crippen molar-refractivity contribution in [2.24, 2.45) is 0 Å². The van der Waals surface area contributed by atoms with Crippen LogP contribution in [0.4, 0.5) is 0 Å². The number of rotatable bonds is 2. The molecule has 0 aromatic carbocycles. The van der Waals surface area contributed by atoms with E-state index in [1.54, 1.807) is 0 Å². The second kappa shape index (κ2) is 6.95. The fourth-order valence-electron chi connectivity index (χ4n) is 3.09. The first-order chi connectivity index (χ1) is 11.2.